The Hall–Kier alpha value is -1.41. The van der Waals surface area contributed by atoms with Crippen molar-refractivity contribution in [2.45, 2.75) is 44.9 Å². The monoisotopic (exact) mass is 375 g/mol. The van der Waals surface area contributed by atoms with Crippen LogP contribution in [0.1, 0.15) is 32.8 Å². The van der Waals surface area contributed by atoms with Crippen LogP contribution in [0.5, 0.6) is 0 Å². The molecule has 0 N–H and O–H groups in total. The largest absolute Gasteiger partial charge is 0.444 e. The molecule has 1 fully saturated rings. The number of aromatic nitrogens is 2. The van der Waals surface area contributed by atoms with Crippen LogP contribution in [0, 0.1) is 12.8 Å². The van der Waals surface area contributed by atoms with Gasteiger partial charge in [0.05, 0.1) is 5.75 Å². The number of hydrogen-bond donors (Lipinski definition) is 0. The van der Waals surface area contributed by atoms with E-state index >= 15 is 0 Å². The summed E-state index contributed by atoms with van der Waals surface area (Å²) in [6, 6.07) is 0. The van der Waals surface area contributed by atoms with Gasteiger partial charge in [0.15, 0.2) is 0 Å². The average Bonchev–Trinajstić information content (AvgIpc) is 2.87. The maximum absolute atomic E-state index is 12.4. The van der Waals surface area contributed by atoms with Crippen molar-refractivity contribution in [3.05, 3.63) is 16.9 Å². The predicted molar refractivity (Wildman–Crippen MR) is 89.7 cm³/mol. The molecular formula is C15H22ClN3O4S. The molecule has 2 rings (SSSR count). The van der Waals surface area contributed by atoms with Crippen LogP contribution < -0.4 is 0 Å². The van der Waals surface area contributed by atoms with E-state index in [1.165, 1.54) is 11.1 Å². The summed E-state index contributed by atoms with van der Waals surface area (Å²) in [6.45, 7) is 7.90. The van der Waals surface area contributed by atoms with Crippen molar-refractivity contribution < 1.29 is 17.9 Å². The SMILES string of the molecule is Cc1cnc(S(=O)(=O)CC2CCN(C(=O)OC(C)(C)C)C2)nc1Cl. The zero-order valence-electron chi connectivity index (χ0n) is 14.2. The van der Waals surface area contributed by atoms with Gasteiger partial charge < -0.3 is 9.64 Å². The van der Waals surface area contributed by atoms with Crippen LogP contribution >= 0.6 is 11.6 Å². The molecule has 9 heteroatoms. The third-order valence-electron chi connectivity index (χ3n) is 3.56. The molecule has 1 aliphatic heterocycles. The number of ether oxygens (including phenoxy) is 1. The second-order valence-corrected chi connectivity index (χ2v) is 9.27. The highest BCUT2D eigenvalue weighted by molar-refractivity contribution is 7.91. The number of carbonyl (C=O) groups is 1. The number of likely N-dealkylation sites (tertiary alicyclic amines) is 1. The lowest BCUT2D eigenvalue weighted by Gasteiger charge is -2.24. The number of halogens is 1. The van der Waals surface area contributed by atoms with Gasteiger partial charge in [0.1, 0.15) is 10.8 Å². The van der Waals surface area contributed by atoms with Crippen LogP contribution in [0.2, 0.25) is 5.15 Å². The van der Waals surface area contributed by atoms with Crippen molar-refractivity contribution in [2.75, 3.05) is 18.8 Å². The number of aryl methyl sites for hydroxylation is 1. The molecule has 1 atom stereocenters. The van der Waals surface area contributed by atoms with E-state index < -0.39 is 21.5 Å². The van der Waals surface area contributed by atoms with E-state index in [0.717, 1.165) is 0 Å². The highest BCUT2D eigenvalue weighted by Crippen LogP contribution is 2.23. The fourth-order valence-electron chi connectivity index (χ4n) is 2.40. The lowest BCUT2D eigenvalue weighted by Crippen LogP contribution is -2.35. The van der Waals surface area contributed by atoms with Gasteiger partial charge in [-0.15, -0.1) is 0 Å². The Bertz CT molecular complexity index is 731. The molecule has 0 radical (unpaired) electrons. The Morgan fingerprint density at radius 1 is 1.46 bits per heavy atom. The molecule has 1 aromatic heterocycles. The van der Waals surface area contributed by atoms with Crippen LogP contribution in [0.25, 0.3) is 0 Å². The lowest BCUT2D eigenvalue weighted by atomic mass is 10.2. The third kappa shape index (κ3) is 4.80. The smallest absolute Gasteiger partial charge is 0.410 e. The summed E-state index contributed by atoms with van der Waals surface area (Å²) in [5.74, 6) is -0.294. The minimum atomic E-state index is -3.65. The van der Waals surface area contributed by atoms with Crippen LogP contribution in [0.3, 0.4) is 0 Å². The van der Waals surface area contributed by atoms with Crippen molar-refractivity contribution in [3.63, 3.8) is 0 Å². The second-order valence-electron chi connectivity index (χ2n) is 6.99. The molecule has 24 heavy (non-hydrogen) atoms. The molecule has 1 aromatic rings. The van der Waals surface area contributed by atoms with Gasteiger partial charge >= 0.3 is 6.09 Å². The van der Waals surface area contributed by atoms with E-state index in [1.807, 2.05) is 0 Å². The van der Waals surface area contributed by atoms with Crippen molar-refractivity contribution >= 4 is 27.5 Å². The predicted octanol–water partition coefficient (Wildman–Crippen LogP) is 2.47. The highest BCUT2D eigenvalue weighted by atomic mass is 35.5. The van der Waals surface area contributed by atoms with E-state index in [4.69, 9.17) is 16.3 Å². The first kappa shape index (κ1) is 18.9. The fourth-order valence-corrected chi connectivity index (χ4v) is 4.07. The van der Waals surface area contributed by atoms with Crippen LogP contribution in [0.15, 0.2) is 11.4 Å². The third-order valence-corrected chi connectivity index (χ3v) is 5.60. The first-order chi connectivity index (χ1) is 11.0. The Kier molecular flexibility index (Phi) is 5.39. The van der Waals surface area contributed by atoms with Crippen molar-refractivity contribution in [2.24, 2.45) is 5.92 Å². The minimum absolute atomic E-state index is 0.119. The fraction of sp³-hybridized carbons (Fsp3) is 0.667. The van der Waals surface area contributed by atoms with Crippen LogP contribution in [-0.2, 0) is 14.6 Å². The molecule has 1 saturated heterocycles. The van der Waals surface area contributed by atoms with Gasteiger partial charge in [0, 0.05) is 24.8 Å². The van der Waals surface area contributed by atoms with Gasteiger partial charge in [-0.2, -0.15) is 0 Å². The summed E-state index contributed by atoms with van der Waals surface area (Å²) in [4.78, 5) is 21.3. The molecule has 1 unspecified atom stereocenters. The van der Waals surface area contributed by atoms with E-state index in [1.54, 1.807) is 27.7 Å². The maximum Gasteiger partial charge on any atom is 0.410 e. The molecule has 134 valence electrons. The molecule has 0 aromatic carbocycles. The maximum atomic E-state index is 12.4. The van der Waals surface area contributed by atoms with Gasteiger partial charge in [-0.25, -0.2) is 23.2 Å². The summed E-state index contributed by atoms with van der Waals surface area (Å²) < 4.78 is 30.2. The number of carbonyl (C=O) groups excluding carboxylic acids is 1. The Morgan fingerprint density at radius 3 is 2.71 bits per heavy atom. The summed E-state index contributed by atoms with van der Waals surface area (Å²) in [5.41, 5.74) is 0.0425. The summed E-state index contributed by atoms with van der Waals surface area (Å²) >= 11 is 5.88. The molecular weight excluding hydrogens is 354 g/mol. The van der Waals surface area contributed by atoms with E-state index in [-0.39, 0.29) is 22.0 Å². The molecule has 0 spiro atoms. The molecule has 0 saturated carbocycles. The van der Waals surface area contributed by atoms with Crippen LogP contribution in [0.4, 0.5) is 4.79 Å². The highest BCUT2D eigenvalue weighted by Gasteiger charge is 2.33. The standard InChI is InChI=1S/C15H22ClN3O4S/c1-10-7-17-13(18-12(10)16)24(21,22)9-11-5-6-19(8-11)14(20)23-15(2,3)4/h7,11H,5-6,8-9H2,1-4H3. The molecule has 2 heterocycles. The Morgan fingerprint density at radius 2 is 2.12 bits per heavy atom. The normalized spacial score (nSPS) is 18.7. The van der Waals surface area contributed by atoms with Gasteiger partial charge in [-0.05, 0) is 40.0 Å². The average molecular weight is 376 g/mol. The second kappa shape index (κ2) is 6.84. The summed E-state index contributed by atoms with van der Waals surface area (Å²) in [5, 5.41) is -0.140. The number of sulfone groups is 1. The van der Waals surface area contributed by atoms with E-state index in [2.05, 4.69) is 9.97 Å². The molecule has 0 aliphatic carbocycles. The van der Waals surface area contributed by atoms with Crippen molar-refractivity contribution in [1.82, 2.24) is 14.9 Å². The van der Waals surface area contributed by atoms with E-state index in [9.17, 15) is 13.2 Å². The molecule has 1 amide bonds. The van der Waals surface area contributed by atoms with E-state index in [0.29, 0.717) is 25.1 Å². The zero-order valence-corrected chi connectivity index (χ0v) is 15.8. The number of hydrogen-bond acceptors (Lipinski definition) is 6. The topological polar surface area (TPSA) is 89.5 Å². The molecule has 1 aliphatic rings. The molecule has 0 bridgehead atoms. The van der Waals surface area contributed by atoms with Crippen molar-refractivity contribution in [3.8, 4) is 0 Å². The summed E-state index contributed by atoms with van der Waals surface area (Å²) in [6.07, 6.45) is 1.57. The Balaban J connectivity index is 2.01. The van der Waals surface area contributed by atoms with Crippen LogP contribution in [-0.4, -0.2) is 53.8 Å². The number of rotatable bonds is 3. The number of amides is 1. The zero-order chi connectivity index (χ0) is 18.1. The quantitative estimate of drug-likeness (QED) is 0.595. The van der Waals surface area contributed by atoms with Gasteiger partial charge in [-0.3, -0.25) is 0 Å². The molecule has 7 nitrogen and oxygen atoms in total. The minimum Gasteiger partial charge on any atom is -0.444 e. The Labute approximate surface area is 147 Å². The number of nitrogens with zero attached hydrogens (tertiary/aromatic N) is 3. The lowest BCUT2D eigenvalue weighted by molar-refractivity contribution is 0.0289. The summed E-state index contributed by atoms with van der Waals surface area (Å²) in [7, 11) is -3.65. The first-order valence-electron chi connectivity index (χ1n) is 7.68. The van der Waals surface area contributed by atoms with Gasteiger partial charge in [0.25, 0.3) is 0 Å². The first-order valence-corrected chi connectivity index (χ1v) is 9.71. The van der Waals surface area contributed by atoms with Gasteiger partial charge in [-0.1, -0.05) is 11.6 Å². The van der Waals surface area contributed by atoms with Gasteiger partial charge in [0.2, 0.25) is 15.0 Å². The van der Waals surface area contributed by atoms with Crippen molar-refractivity contribution in [1.29, 1.82) is 0 Å².